The Balaban J connectivity index is 1.52. The number of benzene rings is 2. The van der Waals surface area contributed by atoms with Crippen LogP contribution >= 0.6 is 0 Å². The molecule has 1 saturated heterocycles. The number of anilines is 1. The highest BCUT2D eigenvalue weighted by Gasteiger charge is 2.31. The van der Waals surface area contributed by atoms with E-state index in [4.69, 9.17) is 0 Å². The van der Waals surface area contributed by atoms with Gasteiger partial charge in [0.25, 0.3) is 0 Å². The number of aromatic nitrogens is 2. The summed E-state index contributed by atoms with van der Waals surface area (Å²) in [5.41, 5.74) is 3.12. The molecule has 1 aromatic heterocycles. The molecule has 134 valence electrons. The molecule has 2 heterocycles. The summed E-state index contributed by atoms with van der Waals surface area (Å²) >= 11 is 0. The lowest BCUT2D eigenvalue weighted by atomic mass is 9.92. The van der Waals surface area contributed by atoms with Crippen LogP contribution in [0.5, 0.6) is 0 Å². The molecule has 1 aliphatic heterocycles. The zero-order valence-electron chi connectivity index (χ0n) is 14.8. The first-order chi connectivity index (χ1) is 12.5. The average molecular weight is 354 g/mol. The predicted octanol–water partition coefficient (Wildman–Crippen LogP) is 3.57. The molecular weight excluding hydrogens is 334 g/mol. The largest absolute Gasteiger partial charge is 0.375 e. The summed E-state index contributed by atoms with van der Waals surface area (Å²) in [4.78, 5) is 12.6. The van der Waals surface area contributed by atoms with Crippen molar-refractivity contribution in [2.75, 3.05) is 32.1 Å². The highest BCUT2D eigenvalue weighted by atomic mass is 19.2. The van der Waals surface area contributed by atoms with Gasteiger partial charge in [0, 0.05) is 45.0 Å². The van der Waals surface area contributed by atoms with Crippen LogP contribution in [0.15, 0.2) is 42.7 Å². The molecule has 2 aromatic carbocycles. The first kappa shape index (κ1) is 16.8. The second-order valence-electron chi connectivity index (χ2n) is 6.93. The average Bonchev–Trinajstić information content (AvgIpc) is 2.60. The van der Waals surface area contributed by atoms with Gasteiger partial charge < -0.3 is 4.90 Å². The quantitative estimate of drug-likeness (QED) is 0.717. The summed E-state index contributed by atoms with van der Waals surface area (Å²) < 4.78 is 27.7. The SMILES string of the molecule is CN(C)c1c(CN2CC(c3ncnc4ccccc34)C2)ccc(F)c1F. The Morgan fingerprint density at radius 2 is 1.85 bits per heavy atom. The molecule has 0 radical (unpaired) electrons. The molecule has 0 amide bonds. The van der Waals surface area contributed by atoms with Gasteiger partial charge in [-0.3, -0.25) is 4.90 Å². The maximum Gasteiger partial charge on any atom is 0.182 e. The molecule has 0 unspecified atom stereocenters. The zero-order valence-corrected chi connectivity index (χ0v) is 14.8. The second-order valence-corrected chi connectivity index (χ2v) is 6.93. The highest BCUT2D eigenvalue weighted by molar-refractivity contribution is 5.81. The number of para-hydroxylation sites is 1. The van der Waals surface area contributed by atoms with Crippen molar-refractivity contribution in [3.8, 4) is 0 Å². The molecule has 0 saturated carbocycles. The number of fused-ring (bicyclic) bond motifs is 1. The van der Waals surface area contributed by atoms with Crippen LogP contribution in [-0.2, 0) is 6.54 Å². The van der Waals surface area contributed by atoms with Crippen molar-refractivity contribution in [1.29, 1.82) is 0 Å². The third-order valence-corrected chi connectivity index (χ3v) is 4.91. The van der Waals surface area contributed by atoms with E-state index in [9.17, 15) is 8.78 Å². The zero-order chi connectivity index (χ0) is 18.3. The van der Waals surface area contributed by atoms with E-state index >= 15 is 0 Å². The monoisotopic (exact) mass is 354 g/mol. The van der Waals surface area contributed by atoms with E-state index in [1.54, 1.807) is 31.4 Å². The lowest BCUT2D eigenvalue weighted by molar-refractivity contribution is 0.138. The fraction of sp³-hybridized carbons (Fsp3) is 0.300. The molecule has 3 aromatic rings. The minimum absolute atomic E-state index is 0.320. The minimum atomic E-state index is -0.814. The third kappa shape index (κ3) is 2.90. The number of nitrogens with zero attached hydrogens (tertiary/aromatic N) is 4. The van der Waals surface area contributed by atoms with Crippen LogP contribution in [0, 0.1) is 11.6 Å². The molecule has 0 N–H and O–H groups in total. The van der Waals surface area contributed by atoms with Crippen molar-refractivity contribution in [3.05, 3.63) is 65.6 Å². The van der Waals surface area contributed by atoms with Gasteiger partial charge in [0.2, 0.25) is 0 Å². The lowest BCUT2D eigenvalue weighted by Crippen LogP contribution is -2.44. The van der Waals surface area contributed by atoms with Crippen molar-refractivity contribution < 1.29 is 8.78 Å². The van der Waals surface area contributed by atoms with Crippen molar-refractivity contribution in [1.82, 2.24) is 14.9 Å². The van der Waals surface area contributed by atoms with Gasteiger partial charge >= 0.3 is 0 Å². The summed E-state index contributed by atoms with van der Waals surface area (Å²) in [6.07, 6.45) is 1.61. The molecule has 0 spiro atoms. The summed E-state index contributed by atoms with van der Waals surface area (Å²) in [5, 5.41) is 1.08. The maximum absolute atomic E-state index is 14.1. The van der Waals surface area contributed by atoms with E-state index in [2.05, 4.69) is 14.9 Å². The second kappa shape index (κ2) is 6.61. The normalized spacial score (nSPS) is 15.2. The Morgan fingerprint density at radius 1 is 1.08 bits per heavy atom. The first-order valence-electron chi connectivity index (χ1n) is 8.61. The molecule has 0 aliphatic carbocycles. The fourth-order valence-electron chi connectivity index (χ4n) is 3.65. The van der Waals surface area contributed by atoms with Crippen LogP contribution in [0.25, 0.3) is 10.9 Å². The Labute approximate surface area is 151 Å². The van der Waals surface area contributed by atoms with E-state index < -0.39 is 11.6 Å². The van der Waals surface area contributed by atoms with Crippen LogP contribution in [0.1, 0.15) is 17.2 Å². The molecule has 1 fully saturated rings. The van der Waals surface area contributed by atoms with Crippen molar-refractivity contribution in [2.45, 2.75) is 12.5 Å². The molecule has 6 heteroatoms. The molecular formula is C20H20F2N4. The van der Waals surface area contributed by atoms with Gasteiger partial charge in [-0.25, -0.2) is 18.7 Å². The predicted molar refractivity (Wildman–Crippen MR) is 98.2 cm³/mol. The van der Waals surface area contributed by atoms with Crippen molar-refractivity contribution in [3.63, 3.8) is 0 Å². The Morgan fingerprint density at radius 3 is 2.62 bits per heavy atom. The van der Waals surface area contributed by atoms with Gasteiger partial charge in [-0.1, -0.05) is 24.3 Å². The van der Waals surface area contributed by atoms with E-state index in [0.29, 0.717) is 18.2 Å². The molecule has 4 nitrogen and oxygen atoms in total. The van der Waals surface area contributed by atoms with Gasteiger partial charge in [-0.2, -0.15) is 0 Å². The smallest absolute Gasteiger partial charge is 0.182 e. The summed E-state index contributed by atoms with van der Waals surface area (Å²) in [6.45, 7) is 2.27. The molecule has 1 aliphatic rings. The summed E-state index contributed by atoms with van der Waals surface area (Å²) in [5.74, 6) is -1.27. The van der Waals surface area contributed by atoms with Crippen LogP contribution < -0.4 is 4.90 Å². The molecule has 26 heavy (non-hydrogen) atoms. The molecule has 0 atom stereocenters. The van der Waals surface area contributed by atoms with Crippen LogP contribution in [-0.4, -0.2) is 42.1 Å². The third-order valence-electron chi connectivity index (χ3n) is 4.91. The van der Waals surface area contributed by atoms with Gasteiger partial charge in [0.05, 0.1) is 16.9 Å². The van der Waals surface area contributed by atoms with Gasteiger partial charge in [-0.05, 0) is 17.7 Å². The number of halogens is 2. The van der Waals surface area contributed by atoms with Crippen LogP contribution in [0.2, 0.25) is 0 Å². The Hall–Kier alpha value is -2.60. The van der Waals surface area contributed by atoms with E-state index in [0.717, 1.165) is 35.2 Å². The number of rotatable bonds is 4. The van der Waals surface area contributed by atoms with Crippen LogP contribution in [0.4, 0.5) is 14.5 Å². The van der Waals surface area contributed by atoms with Crippen molar-refractivity contribution >= 4 is 16.6 Å². The van der Waals surface area contributed by atoms with E-state index in [-0.39, 0.29) is 0 Å². The van der Waals surface area contributed by atoms with Gasteiger partial charge in [0.15, 0.2) is 11.6 Å². The number of hydrogen-bond acceptors (Lipinski definition) is 4. The Kier molecular flexibility index (Phi) is 4.28. The first-order valence-corrected chi connectivity index (χ1v) is 8.61. The minimum Gasteiger partial charge on any atom is -0.375 e. The van der Waals surface area contributed by atoms with E-state index in [1.807, 2.05) is 24.3 Å². The van der Waals surface area contributed by atoms with Gasteiger partial charge in [-0.15, -0.1) is 0 Å². The summed E-state index contributed by atoms with van der Waals surface area (Å²) in [6, 6.07) is 10.9. The Bertz CT molecular complexity index is 946. The number of likely N-dealkylation sites (tertiary alicyclic amines) is 1. The van der Waals surface area contributed by atoms with E-state index in [1.165, 1.54) is 6.07 Å². The topological polar surface area (TPSA) is 32.3 Å². The summed E-state index contributed by atoms with van der Waals surface area (Å²) in [7, 11) is 3.46. The maximum atomic E-state index is 14.1. The standard InChI is InChI=1S/C20H20F2N4/c1-25(2)20-13(7-8-16(21)18(20)22)9-26-10-14(11-26)19-15-5-3-4-6-17(15)23-12-24-19/h3-8,12,14H,9-11H2,1-2H3. The van der Waals surface area contributed by atoms with Crippen LogP contribution in [0.3, 0.4) is 0 Å². The van der Waals surface area contributed by atoms with Gasteiger partial charge in [0.1, 0.15) is 6.33 Å². The highest BCUT2D eigenvalue weighted by Crippen LogP contribution is 2.33. The molecule has 4 rings (SSSR count). The number of hydrogen-bond donors (Lipinski definition) is 0. The lowest BCUT2D eigenvalue weighted by Gasteiger charge is -2.39. The molecule has 0 bridgehead atoms. The fourth-order valence-corrected chi connectivity index (χ4v) is 3.65. The van der Waals surface area contributed by atoms with Crippen molar-refractivity contribution in [2.24, 2.45) is 0 Å².